The smallest absolute Gasteiger partial charge is 0.255 e. The molecule has 0 saturated carbocycles. The first kappa shape index (κ1) is 13.9. The number of nitrogens with zero attached hydrogens (tertiary/aromatic N) is 2. The third-order valence-corrected chi connectivity index (χ3v) is 4.07. The molecule has 2 heterocycles. The Kier molecular flexibility index (Phi) is 4.08. The summed E-state index contributed by atoms with van der Waals surface area (Å²) in [5.74, 6) is -0.167. The van der Waals surface area contributed by atoms with Gasteiger partial charge in [-0.15, -0.1) is 11.3 Å². The predicted octanol–water partition coefficient (Wildman–Crippen LogP) is 4.22. The third-order valence-electron chi connectivity index (χ3n) is 2.81. The summed E-state index contributed by atoms with van der Waals surface area (Å²) in [6.45, 7) is 0. The summed E-state index contributed by atoms with van der Waals surface area (Å²) in [6, 6.07) is 11.0. The predicted molar refractivity (Wildman–Crippen MR) is 87.4 cm³/mol. The zero-order valence-electron chi connectivity index (χ0n) is 10.8. The van der Waals surface area contributed by atoms with E-state index in [1.54, 1.807) is 35.9 Å². The van der Waals surface area contributed by atoms with Gasteiger partial charge in [0.25, 0.3) is 5.91 Å². The molecule has 21 heavy (non-hydrogen) atoms. The average molecular weight is 360 g/mol. The number of carbonyl (C=O) groups is 1. The van der Waals surface area contributed by atoms with Crippen LogP contribution in [-0.2, 0) is 0 Å². The maximum Gasteiger partial charge on any atom is 0.255 e. The monoisotopic (exact) mass is 359 g/mol. The van der Waals surface area contributed by atoms with Crippen LogP contribution in [0, 0.1) is 0 Å². The van der Waals surface area contributed by atoms with Crippen LogP contribution in [-0.4, -0.2) is 15.9 Å². The third kappa shape index (κ3) is 3.34. The van der Waals surface area contributed by atoms with Gasteiger partial charge < -0.3 is 5.32 Å². The lowest BCUT2D eigenvalue weighted by atomic mass is 10.2. The molecule has 0 aliphatic heterocycles. The molecule has 1 N–H and O–H groups in total. The lowest BCUT2D eigenvalue weighted by Gasteiger charge is -2.06. The number of thiazole rings is 1. The number of amides is 1. The number of halogens is 1. The fourth-order valence-corrected chi connectivity index (χ4v) is 2.82. The Labute approximate surface area is 134 Å². The molecule has 0 spiro atoms. The molecule has 0 bridgehead atoms. The second-order valence-electron chi connectivity index (χ2n) is 4.24. The minimum Gasteiger partial charge on any atom is -0.322 e. The van der Waals surface area contributed by atoms with E-state index in [1.165, 1.54) is 0 Å². The van der Waals surface area contributed by atoms with Gasteiger partial charge in [0.05, 0.1) is 0 Å². The van der Waals surface area contributed by atoms with E-state index >= 15 is 0 Å². The van der Waals surface area contributed by atoms with Crippen molar-refractivity contribution in [1.82, 2.24) is 9.97 Å². The molecule has 0 saturated heterocycles. The molecule has 2 aromatic heterocycles. The maximum absolute atomic E-state index is 12.1. The van der Waals surface area contributed by atoms with E-state index in [9.17, 15) is 4.79 Å². The number of rotatable bonds is 3. The van der Waals surface area contributed by atoms with Crippen LogP contribution in [0.15, 0.2) is 58.8 Å². The molecular formula is C15H10BrN3OS. The molecule has 1 aromatic carbocycles. The van der Waals surface area contributed by atoms with E-state index in [0.717, 1.165) is 16.3 Å². The van der Waals surface area contributed by atoms with Crippen LogP contribution in [0.2, 0.25) is 0 Å². The number of carbonyl (C=O) groups excluding carboxylic acids is 1. The largest absolute Gasteiger partial charge is 0.322 e. The van der Waals surface area contributed by atoms with Crippen molar-refractivity contribution >= 4 is 38.9 Å². The van der Waals surface area contributed by atoms with Crippen molar-refractivity contribution in [2.75, 3.05) is 5.32 Å². The average Bonchev–Trinajstić information content (AvgIpc) is 3.02. The molecule has 1 amide bonds. The molecule has 0 fully saturated rings. The lowest BCUT2D eigenvalue weighted by Crippen LogP contribution is -2.11. The second-order valence-corrected chi connectivity index (χ2v) is 5.94. The van der Waals surface area contributed by atoms with Crippen LogP contribution in [0.1, 0.15) is 10.4 Å². The van der Waals surface area contributed by atoms with Gasteiger partial charge in [-0.3, -0.25) is 4.79 Å². The van der Waals surface area contributed by atoms with Gasteiger partial charge in [-0.25, -0.2) is 9.97 Å². The molecule has 0 aliphatic rings. The van der Waals surface area contributed by atoms with Crippen molar-refractivity contribution in [2.45, 2.75) is 0 Å². The van der Waals surface area contributed by atoms with Gasteiger partial charge >= 0.3 is 0 Å². The van der Waals surface area contributed by atoms with Crippen molar-refractivity contribution in [1.29, 1.82) is 0 Å². The molecular weight excluding hydrogens is 350 g/mol. The minimum absolute atomic E-state index is 0.167. The number of pyridine rings is 1. The highest BCUT2D eigenvalue weighted by Gasteiger charge is 2.07. The molecule has 3 aromatic rings. The zero-order chi connectivity index (χ0) is 14.7. The zero-order valence-corrected chi connectivity index (χ0v) is 13.2. The van der Waals surface area contributed by atoms with Crippen molar-refractivity contribution in [3.63, 3.8) is 0 Å². The van der Waals surface area contributed by atoms with Gasteiger partial charge in [0.1, 0.15) is 9.61 Å². The van der Waals surface area contributed by atoms with E-state index in [1.807, 2.05) is 29.6 Å². The molecule has 6 heteroatoms. The van der Waals surface area contributed by atoms with Crippen LogP contribution in [0.25, 0.3) is 10.6 Å². The quantitative estimate of drug-likeness (QED) is 0.712. The van der Waals surface area contributed by atoms with Crippen molar-refractivity contribution in [3.8, 4) is 10.6 Å². The van der Waals surface area contributed by atoms with Gasteiger partial charge in [0.15, 0.2) is 0 Å². The van der Waals surface area contributed by atoms with Gasteiger partial charge in [0.2, 0.25) is 0 Å². The fourth-order valence-electron chi connectivity index (χ4n) is 1.81. The van der Waals surface area contributed by atoms with Crippen LogP contribution < -0.4 is 5.32 Å². The minimum atomic E-state index is -0.167. The Morgan fingerprint density at radius 2 is 1.90 bits per heavy atom. The Bertz CT molecular complexity index is 757. The van der Waals surface area contributed by atoms with E-state index in [4.69, 9.17) is 0 Å². The summed E-state index contributed by atoms with van der Waals surface area (Å²) >= 11 is 4.83. The Hall–Kier alpha value is -2.05. The fraction of sp³-hybridized carbons (Fsp3) is 0. The number of benzene rings is 1. The van der Waals surface area contributed by atoms with E-state index in [2.05, 4.69) is 31.2 Å². The van der Waals surface area contributed by atoms with Crippen molar-refractivity contribution < 1.29 is 4.79 Å². The van der Waals surface area contributed by atoms with Gasteiger partial charge in [-0.1, -0.05) is 0 Å². The first-order chi connectivity index (χ1) is 10.2. The van der Waals surface area contributed by atoms with Crippen LogP contribution >= 0.6 is 27.3 Å². The molecule has 0 atom stereocenters. The van der Waals surface area contributed by atoms with Crippen LogP contribution in [0.4, 0.5) is 5.69 Å². The summed E-state index contributed by atoms with van der Waals surface area (Å²) in [4.78, 5) is 20.4. The number of hydrogen-bond donors (Lipinski definition) is 1. The Morgan fingerprint density at radius 3 is 2.57 bits per heavy atom. The number of anilines is 1. The highest BCUT2D eigenvalue weighted by Crippen LogP contribution is 2.23. The Morgan fingerprint density at radius 1 is 1.10 bits per heavy atom. The van der Waals surface area contributed by atoms with Crippen molar-refractivity contribution in [2.24, 2.45) is 0 Å². The Balaban J connectivity index is 1.75. The SMILES string of the molecule is O=C(Nc1ccc(-c2nccs2)cc1)c1ccnc(Br)c1. The standard InChI is InChI=1S/C15H10BrN3OS/c16-13-9-11(5-6-17-13)14(20)19-12-3-1-10(2-4-12)15-18-7-8-21-15/h1-9H,(H,19,20). The molecule has 0 aliphatic carbocycles. The van der Waals surface area contributed by atoms with Crippen LogP contribution in [0.3, 0.4) is 0 Å². The molecule has 3 rings (SSSR count). The van der Waals surface area contributed by atoms with E-state index < -0.39 is 0 Å². The topological polar surface area (TPSA) is 54.9 Å². The van der Waals surface area contributed by atoms with Gasteiger partial charge in [-0.2, -0.15) is 0 Å². The second kappa shape index (κ2) is 6.15. The molecule has 4 nitrogen and oxygen atoms in total. The number of nitrogens with one attached hydrogen (secondary N) is 1. The summed E-state index contributed by atoms with van der Waals surface area (Å²) < 4.78 is 0.634. The summed E-state index contributed by atoms with van der Waals surface area (Å²) in [7, 11) is 0. The molecule has 0 radical (unpaired) electrons. The van der Waals surface area contributed by atoms with Gasteiger partial charge in [-0.05, 0) is 52.3 Å². The maximum atomic E-state index is 12.1. The molecule has 104 valence electrons. The van der Waals surface area contributed by atoms with E-state index in [-0.39, 0.29) is 5.91 Å². The van der Waals surface area contributed by atoms with Crippen molar-refractivity contribution in [3.05, 3.63) is 64.3 Å². The van der Waals surface area contributed by atoms with E-state index in [0.29, 0.717) is 10.2 Å². The summed E-state index contributed by atoms with van der Waals surface area (Å²) in [5, 5.41) is 5.75. The van der Waals surface area contributed by atoms with Gasteiger partial charge in [0, 0.05) is 34.6 Å². The highest BCUT2D eigenvalue weighted by atomic mass is 79.9. The normalized spacial score (nSPS) is 10.3. The highest BCUT2D eigenvalue weighted by molar-refractivity contribution is 9.10. The number of aromatic nitrogens is 2. The lowest BCUT2D eigenvalue weighted by molar-refractivity contribution is 0.102. The van der Waals surface area contributed by atoms with Crippen LogP contribution in [0.5, 0.6) is 0 Å². The number of hydrogen-bond acceptors (Lipinski definition) is 4. The first-order valence-electron chi connectivity index (χ1n) is 6.15. The summed E-state index contributed by atoms with van der Waals surface area (Å²) in [5.41, 5.74) is 2.34. The first-order valence-corrected chi connectivity index (χ1v) is 7.82. The molecule has 0 unspecified atom stereocenters. The summed E-state index contributed by atoms with van der Waals surface area (Å²) in [6.07, 6.45) is 3.36.